The van der Waals surface area contributed by atoms with Crippen molar-refractivity contribution in [3.63, 3.8) is 0 Å². The molecule has 4 nitrogen and oxygen atoms in total. The van der Waals surface area contributed by atoms with Crippen LogP contribution in [0.25, 0.3) is 10.2 Å². The van der Waals surface area contributed by atoms with Gasteiger partial charge in [0.1, 0.15) is 16.5 Å². The third kappa shape index (κ3) is 3.49. The highest BCUT2D eigenvalue weighted by molar-refractivity contribution is 7.19. The fourth-order valence-electron chi connectivity index (χ4n) is 5.19. The molecule has 1 saturated carbocycles. The molecule has 27 heavy (non-hydrogen) atoms. The van der Waals surface area contributed by atoms with Gasteiger partial charge in [0.2, 0.25) is 0 Å². The molecule has 3 heterocycles. The maximum atomic E-state index is 5.16. The summed E-state index contributed by atoms with van der Waals surface area (Å²) in [6, 6.07) is 0. The van der Waals surface area contributed by atoms with Crippen LogP contribution in [0.3, 0.4) is 0 Å². The molecule has 2 fully saturated rings. The van der Waals surface area contributed by atoms with Crippen molar-refractivity contribution in [3.8, 4) is 0 Å². The van der Waals surface area contributed by atoms with E-state index < -0.39 is 0 Å². The summed E-state index contributed by atoms with van der Waals surface area (Å²) < 4.78 is 0. The largest absolute Gasteiger partial charge is 0.369 e. The third-order valence-electron chi connectivity index (χ3n) is 7.05. The molecule has 1 saturated heterocycles. The maximum Gasteiger partial charge on any atom is 0.138 e. The molecule has 1 aliphatic heterocycles. The van der Waals surface area contributed by atoms with E-state index in [-0.39, 0.29) is 0 Å². The molecule has 0 bridgehead atoms. The SMILES string of the molecule is CC1(CNc2nc(C3CCCCC3)nc3sc4c(c23)CCC4)CCNCC1. The lowest BCUT2D eigenvalue weighted by Gasteiger charge is -2.34. The smallest absolute Gasteiger partial charge is 0.138 e. The van der Waals surface area contributed by atoms with Gasteiger partial charge in [-0.3, -0.25) is 0 Å². The highest BCUT2D eigenvalue weighted by Crippen LogP contribution is 2.42. The minimum Gasteiger partial charge on any atom is -0.369 e. The molecule has 146 valence electrons. The summed E-state index contributed by atoms with van der Waals surface area (Å²) in [6.07, 6.45) is 12.8. The van der Waals surface area contributed by atoms with Crippen molar-refractivity contribution in [1.29, 1.82) is 0 Å². The first-order chi connectivity index (χ1) is 13.2. The van der Waals surface area contributed by atoms with E-state index in [9.17, 15) is 0 Å². The van der Waals surface area contributed by atoms with Crippen LogP contribution >= 0.6 is 11.3 Å². The summed E-state index contributed by atoms with van der Waals surface area (Å²) in [4.78, 5) is 13.1. The molecular formula is C22H32N4S. The fourth-order valence-corrected chi connectivity index (χ4v) is 6.46. The minimum atomic E-state index is 0.368. The van der Waals surface area contributed by atoms with Crippen molar-refractivity contribution in [1.82, 2.24) is 15.3 Å². The fraction of sp³-hybridized carbons (Fsp3) is 0.727. The number of anilines is 1. The van der Waals surface area contributed by atoms with Crippen molar-refractivity contribution >= 4 is 27.4 Å². The number of nitrogens with one attached hydrogen (secondary N) is 2. The Balaban J connectivity index is 1.49. The lowest BCUT2D eigenvalue weighted by Crippen LogP contribution is -2.39. The average Bonchev–Trinajstić information content (AvgIpc) is 3.28. The number of hydrogen-bond donors (Lipinski definition) is 2. The van der Waals surface area contributed by atoms with Crippen LogP contribution < -0.4 is 10.6 Å². The predicted molar refractivity (Wildman–Crippen MR) is 114 cm³/mol. The van der Waals surface area contributed by atoms with Crippen molar-refractivity contribution in [2.45, 2.75) is 77.0 Å². The molecule has 2 aromatic rings. The number of rotatable bonds is 4. The molecule has 0 radical (unpaired) electrons. The zero-order valence-electron chi connectivity index (χ0n) is 16.6. The van der Waals surface area contributed by atoms with Gasteiger partial charge >= 0.3 is 0 Å². The Morgan fingerprint density at radius 3 is 2.70 bits per heavy atom. The molecule has 2 aromatic heterocycles. The van der Waals surface area contributed by atoms with Gasteiger partial charge in [-0.05, 0) is 69.0 Å². The van der Waals surface area contributed by atoms with E-state index in [0.717, 1.165) is 31.3 Å². The third-order valence-corrected chi connectivity index (χ3v) is 8.23. The number of aryl methyl sites for hydroxylation is 2. The topological polar surface area (TPSA) is 49.8 Å². The molecule has 0 amide bonds. The van der Waals surface area contributed by atoms with Gasteiger partial charge in [-0.1, -0.05) is 26.2 Å². The van der Waals surface area contributed by atoms with Gasteiger partial charge in [-0.15, -0.1) is 11.3 Å². The van der Waals surface area contributed by atoms with E-state index in [1.165, 1.54) is 74.4 Å². The van der Waals surface area contributed by atoms with Crippen LogP contribution in [0.15, 0.2) is 0 Å². The van der Waals surface area contributed by atoms with Crippen LogP contribution in [0.1, 0.15) is 80.5 Å². The molecule has 0 spiro atoms. The first kappa shape index (κ1) is 17.9. The second-order valence-corrected chi connectivity index (χ2v) is 10.3. The summed E-state index contributed by atoms with van der Waals surface area (Å²) in [5, 5.41) is 8.67. The molecule has 2 aliphatic carbocycles. The van der Waals surface area contributed by atoms with E-state index in [1.807, 2.05) is 11.3 Å². The number of thiophene rings is 1. The Bertz CT molecular complexity index is 815. The minimum absolute atomic E-state index is 0.368. The molecule has 5 heteroatoms. The molecule has 0 atom stereocenters. The Hall–Kier alpha value is -1.20. The van der Waals surface area contributed by atoms with Gasteiger partial charge in [0.05, 0.1) is 5.39 Å². The Morgan fingerprint density at radius 2 is 1.89 bits per heavy atom. The first-order valence-electron chi connectivity index (χ1n) is 11.0. The molecular weight excluding hydrogens is 352 g/mol. The second kappa shape index (κ2) is 7.32. The van der Waals surface area contributed by atoms with E-state index >= 15 is 0 Å². The van der Waals surface area contributed by atoms with Gasteiger partial charge in [-0.2, -0.15) is 0 Å². The Kier molecular flexibility index (Phi) is 4.85. The summed E-state index contributed by atoms with van der Waals surface area (Å²) >= 11 is 1.94. The zero-order valence-corrected chi connectivity index (χ0v) is 17.4. The quantitative estimate of drug-likeness (QED) is 0.776. The Morgan fingerprint density at radius 1 is 1.07 bits per heavy atom. The number of hydrogen-bond acceptors (Lipinski definition) is 5. The summed E-state index contributed by atoms with van der Waals surface area (Å²) in [5.41, 5.74) is 1.91. The highest BCUT2D eigenvalue weighted by Gasteiger charge is 2.29. The number of nitrogens with zero attached hydrogens (tertiary/aromatic N) is 2. The van der Waals surface area contributed by atoms with Crippen LogP contribution in [0, 0.1) is 5.41 Å². The van der Waals surface area contributed by atoms with E-state index in [4.69, 9.17) is 9.97 Å². The van der Waals surface area contributed by atoms with Gasteiger partial charge in [0.25, 0.3) is 0 Å². The van der Waals surface area contributed by atoms with Crippen molar-refractivity contribution in [3.05, 3.63) is 16.3 Å². The molecule has 5 rings (SSSR count). The molecule has 3 aliphatic rings. The van der Waals surface area contributed by atoms with Gasteiger partial charge < -0.3 is 10.6 Å². The van der Waals surface area contributed by atoms with Crippen LogP contribution in [0.4, 0.5) is 5.82 Å². The normalized spacial score (nSPS) is 22.9. The molecule has 2 N–H and O–H groups in total. The Labute approximate surface area is 166 Å². The van der Waals surface area contributed by atoms with Crippen LogP contribution in [0.2, 0.25) is 0 Å². The van der Waals surface area contributed by atoms with E-state index in [1.54, 1.807) is 10.4 Å². The summed E-state index contributed by atoms with van der Waals surface area (Å²) in [6.45, 7) is 5.73. The summed E-state index contributed by atoms with van der Waals surface area (Å²) in [5.74, 6) is 2.81. The number of fused-ring (bicyclic) bond motifs is 3. The van der Waals surface area contributed by atoms with E-state index in [0.29, 0.717) is 11.3 Å². The van der Waals surface area contributed by atoms with Gasteiger partial charge in [0.15, 0.2) is 0 Å². The second-order valence-electron chi connectivity index (χ2n) is 9.22. The zero-order chi connectivity index (χ0) is 18.3. The number of aromatic nitrogens is 2. The van der Waals surface area contributed by atoms with Crippen molar-refractivity contribution < 1.29 is 0 Å². The summed E-state index contributed by atoms with van der Waals surface area (Å²) in [7, 11) is 0. The molecule has 0 aromatic carbocycles. The molecule has 0 unspecified atom stereocenters. The average molecular weight is 385 g/mol. The predicted octanol–water partition coefficient (Wildman–Crippen LogP) is 5.03. The van der Waals surface area contributed by atoms with Crippen LogP contribution in [-0.2, 0) is 12.8 Å². The van der Waals surface area contributed by atoms with Crippen molar-refractivity contribution in [2.24, 2.45) is 5.41 Å². The maximum absolute atomic E-state index is 5.16. The van der Waals surface area contributed by atoms with Gasteiger partial charge in [-0.25, -0.2) is 9.97 Å². The lowest BCUT2D eigenvalue weighted by molar-refractivity contribution is 0.247. The van der Waals surface area contributed by atoms with Crippen LogP contribution in [-0.4, -0.2) is 29.6 Å². The monoisotopic (exact) mass is 384 g/mol. The highest BCUT2D eigenvalue weighted by atomic mass is 32.1. The van der Waals surface area contributed by atoms with Gasteiger partial charge in [0, 0.05) is 17.3 Å². The number of piperidine rings is 1. The van der Waals surface area contributed by atoms with Crippen LogP contribution in [0.5, 0.6) is 0 Å². The standard InChI is InChI=1S/C22H32N4S/c1-22(10-12-23-13-11-22)14-24-20-18-16-8-5-9-17(16)27-21(18)26-19(25-20)15-6-3-2-4-7-15/h15,23H,2-14H2,1H3,(H,24,25,26). The van der Waals surface area contributed by atoms with E-state index in [2.05, 4.69) is 17.6 Å². The van der Waals surface area contributed by atoms with Crippen molar-refractivity contribution in [2.75, 3.05) is 25.0 Å². The lowest BCUT2D eigenvalue weighted by atomic mass is 9.81. The first-order valence-corrected chi connectivity index (χ1v) is 11.8.